The largest absolute Gasteiger partial charge is 0.448 e. The number of carbonyl (C=O) groups is 1. The third-order valence-corrected chi connectivity index (χ3v) is 0.809. The summed E-state index contributed by atoms with van der Waals surface area (Å²) in [6.07, 6.45) is -2.18. The summed E-state index contributed by atoms with van der Waals surface area (Å²) >= 11 is 0. The quantitative estimate of drug-likeness (QED) is 0.333. The maximum Gasteiger partial charge on any atom is 0.436 e. The molecule has 2 N–H and O–H groups in total. The van der Waals surface area contributed by atoms with Crippen molar-refractivity contribution in [1.82, 2.24) is 5.06 Å². The Kier molecular flexibility index (Phi) is 3.75. The Bertz CT molecular complexity index is 114. The van der Waals surface area contributed by atoms with E-state index in [0.29, 0.717) is 0 Å². The molecule has 0 aromatic rings. The van der Waals surface area contributed by atoms with Gasteiger partial charge in [0.25, 0.3) is 0 Å². The highest BCUT2D eigenvalue weighted by Crippen LogP contribution is 1.93. The molecule has 0 aliphatic heterocycles. The highest BCUT2D eigenvalue weighted by molar-refractivity contribution is 5.66. The lowest BCUT2D eigenvalue weighted by atomic mass is 10.6. The Morgan fingerprint density at radius 2 is 2.30 bits per heavy atom. The minimum Gasteiger partial charge on any atom is -0.448 e. The van der Waals surface area contributed by atoms with Crippen LogP contribution in [0.25, 0.3) is 0 Å². The van der Waals surface area contributed by atoms with E-state index in [0.717, 1.165) is 0 Å². The lowest BCUT2D eigenvalue weighted by Gasteiger charge is -2.16. The minimum absolute atomic E-state index is 0.115. The molecule has 1 unspecified atom stereocenters. The van der Waals surface area contributed by atoms with Crippen molar-refractivity contribution in [3.05, 3.63) is 0 Å². The summed E-state index contributed by atoms with van der Waals surface area (Å²) in [6, 6.07) is 0. The van der Waals surface area contributed by atoms with Crippen LogP contribution < -0.4 is 0 Å². The van der Waals surface area contributed by atoms with Gasteiger partial charge in [0.2, 0.25) is 0 Å². The summed E-state index contributed by atoms with van der Waals surface area (Å²) < 4.78 is 4.34. The fraction of sp³-hybridized carbons (Fsp3) is 0.800. The first-order valence-electron chi connectivity index (χ1n) is 2.92. The molecule has 0 spiro atoms. The van der Waals surface area contributed by atoms with Gasteiger partial charge in [0, 0.05) is 0 Å². The van der Waals surface area contributed by atoms with Gasteiger partial charge in [0.1, 0.15) is 0 Å². The van der Waals surface area contributed by atoms with Gasteiger partial charge in [-0.05, 0) is 13.8 Å². The molecule has 1 atom stereocenters. The van der Waals surface area contributed by atoms with Gasteiger partial charge in [0.05, 0.1) is 6.61 Å². The van der Waals surface area contributed by atoms with Crippen molar-refractivity contribution in [3.63, 3.8) is 0 Å². The molecule has 0 saturated carbocycles. The number of amides is 1. The van der Waals surface area contributed by atoms with Crippen molar-refractivity contribution in [2.75, 3.05) is 6.61 Å². The van der Waals surface area contributed by atoms with Gasteiger partial charge in [-0.15, -0.1) is 0 Å². The number of carbonyl (C=O) groups excluding carboxylic acids is 1. The van der Waals surface area contributed by atoms with Crippen molar-refractivity contribution in [1.29, 1.82) is 0 Å². The monoisotopic (exact) mass is 149 g/mol. The first-order valence-corrected chi connectivity index (χ1v) is 2.92. The standard InChI is InChI=1S/C5H11NO4/c1-3-10-5(8)6(9)4(2)7/h4,7,9H,3H2,1-2H3. The number of rotatable bonds is 2. The Balaban J connectivity index is 3.71. The van der Waals surface area contributed by atoms with Crippen molar-refractivity contribution in [2.45, 2.75) is 20.1 Å². The maximum absolute atomic E-state index is 10.5. The lowest BCUT2D eigenvalue weighted by Crippen LogP contribution is -2.35. The van der Waals surface area contributed by atoms with Crippen LogP contribution in [0.4, 0.5) is 4.79 Å². The number of hydroxylamine groups is 2. The molecular weight excluding hydrogens is 138 g/mol. The van der Waals surface area contributed by atoms with Crippen LogP contribution in [0, 0.1) is 0 Å². The molecule has 0 heterocycles. The normalized spacial score (nSPS) is 12.4. The zero-order valence-corrected chi connectivity index (χ0v) is 5.94. The van der Waals surface area contributed by atoms with Gasteiger partial charge < -0.3 is 9.84 Å². The van der Waals surface area contributed by atoms with E-state index >= 15 is 0 Å². The summed E-state index contributed by atoms with van der Waals surface area (Å²) in [5.74, 6) is 0. The smallest absolute Gasteiger partial charge is 0.436 e. The molecule has 0 radical (unpaired) electrons. The Labute approximate surface area is 58.8 Å². The van der Waals surface area contributed by atoms with E-state index in [1.807, 2.05) is 0 Å². The van der Waals surface area contributed by atoms with E-state index < -0.39 is 12.3 Å². The van der Waals surface area contributed by atoms with Gasteiger partial charge in [-0.1, -0.05) is 0 Å². The molecule has 1 amide bonds. The predicted octanol–water partition coefficient (Wildman–Crippen LogP) is 0.172. The van der Waals surface area contributed by atoms with Gasteiger partial charge in [-0.3, -0.25) is 5.21 Å². The highest BCUT2D eigenvalue weighted by atomic mass is 16.6. The van der Waals surface area contributed by atoms with Gasteiger partial charge in [-0.2, -0.15) is 5.06 Å². The summed E-state index contributed by atoms with van der Waals surface area (Å²) in [4.78, 5) is 10.5. The summed E-state index contributed by atoms with van der Waals surface area (Å²) in [6.45, 7) is 3.02. The fourth-order valence-electron chi connectivity index (χ4n) is 0.342. The molecule has 0 aromatic carbocycles. The number of hydrogen-bond acceptors (Lipinski definition) is 4. The van der Waals surface area contributed by atoms with Gasteiger partial charge in [-0.25, -0.2) is 4.79 Å². The summed E-state index contributed by atoms with van der Waals surface area (Å²) in [5, 5.41) is 17.3. The zero-order chi connectivity index (χ0) is 8.15. The Morgan fingerprint density at radius 3 is 2.60 bits per heavy atom. The second-order valence-electron chi connectivity index (χ2n) is 1.68. The number of hydrogen-bond donors (Lipinski definition) is 2. The summed E-state index contributed by atoms with van der Waals surface area (Å²) in [5.41, 5.74) is 0. The summed E-state index contributed by atoms with van der Waals surface area (Å²) in [7, 11) is 0. The number of ether oxygens (including phenoxy) is 1. The van der Waals surface area contributed by atoms with E-state index in [9.17, 15) is 4.79 Å². The third kappa shape index (κ3) is 2.65. The van der Waals surface area contributed by atoms with E-state index in [-0.39, 0.29) is 11.7 Å². The van der Waals surface area contributed by atoms with Crippen LogP contribution in [-0.4, -0.2) is 34.3 Å². The lowest BCUT2D eigenvalue weighted by molar-refractivity contribution is -0.162. The third-order valence-electron chi connectivity index (χ3n) is 0.809. The molecule has 0 aliphatic rings. The molecule has 10 heavy (non-hydrogen) atoms. The van der Waals surface area contributed by atoms with Crippen LogP contribution >= 0.6 is 0 Å². The van der Waals surface area contributed by atoms with Crippen molar-refractivity contribution < 1.29 is 19.8 Å². The van der Waals surface area contributed by atoms with Crippen LogP contribution in [0.15, 0.2) is 0 Å². The van der Waals surface area contributed by atoms with E-state index in [1.165, 1.54) is 6.92 Å². The van der Waals surface area contributed by atoms with E-state index in [1.54, 1.807) is 6.92 Å². The first kappa shape index (κ1) is 9.19. The highest BCUT2D eigenvalue weighted by Gasteiger charge is 2.15. The van der Waals surface area contributed by atoms with E-state index in [2.05, 4.69) is 4.74 Å². The SMILES string of the molecule is CCOC(=O)N(O)C(C)O. The minimum atomic E-state index is -1.24. The molecule has 5 nitrogen and oxygen atoms in total. The molecule has 60 valence electrons. The van der Waals surface area contributed by atoms with Crippen molar-refractivity contribution >= 4 is 6.09 Å². The number of nitrogens with zero attached hydrogens (tertiary/aromatic N) is 1. The van der Waals surface area contributed by atoms with Gasteiger partial charge in [0.15, 0.2) is 6.23 Å². The predicted molar refractivity (Wildman–Crippen MR) is 32.3 cm³/mol. The Morgan fingerprint density at radius 1 is 1.80 bits per heavy atom. The average Bonchev–Trinajstić information content (AvgIpc) is 1.87. The van der Waals surface area contributed by atoms with E-state index in [4.69, 9.17) is 10.3 Å². The second-order valence-corrected chi connectivity index (χ2v) is 1.68. The zero-order valence-electron chi connectivity index (χ0n) is 5.94. The molecule has 0 fully saturated rings. The second kappa shape index (κ2) is 4.08. The molecular formula is C5H11NO4. The van der Waals surface area contributed by atoms with Crippen LogP contribution in [0.1, 0.15) is 13.8 Å². The maximum atomic E-state index is 10.5. The van der Waals surface area contributed by atoms with Gasteiger partial charge >= 0.3 is 6.09 Å². The molecule has 0 saturated heterocycles. The molecule has 0 rings (SSSR count). The Hall–Kier alpha value is -0.810. The van der Waals surface area contributed by atoms with Crippen LogP contribution in [-0.2, 0) is 4.74 Å². The van der Waals surface area contributed by atoms with Crippen LogP contribution in [0.3, 0.4) is 0 Å². The average molecular weight is 149 g/mol. The number of aliphatic hydroxyl groups is 1. The fourth-order valence-corrected chi connectivity index (χ4v) is 0.342. The molecule has 5 heteroatoms. The van der Waals surface area contributed by atoms with Crippen LogP contribution in [0.5, 0.6) is 0 Å². The van der Waals surface area contributed by atoms with Crippen LogP contribution in [0.2, 0.25) is 0 Å². The molecule has 0 aromatic heterocycles. The van der Waals surface area contributed by atoms with Crippen molar-refractivity contribution in [2.24, 2.45) is 0 Å². The first-order chi connectivity index (χ1) is 4.59. The van der Waals surface area contributed by atoms with Crippen molar-refractivity contribution in [3.8, 4) is 0 Å². The topological polar surface area (TPSA) is 70.0 Å². The number of aliphatic hydroxyl groups excluding tert-OH is 1. The molecule has 0 bridgehead atoms. The molecule has 0 aliphatic carbocycles.